The molecule has 0 unspecified atom stereocenters. The first-order chi connectivity index (χ1) is 13.6. The fourth-order valence-corrected chi connectivity index (χ4v) is 6.82. The van der Waals surface area contributed by atoms with Crippen molar-refractivity contribution in [2.45, 2.75) is 30.7 Å². The van der Waals surface area contributed by atoms with Gasteiger partial charge in [0, 0.05) is 0 Å². The van der Waals surface area contributed by atoms with Gasteiger partial charge in [-0.25, -0.2) is 13.4 Å². The van der Waals surface area contributed by atoms with E-state index in [1.807, 2.05) is 30.3 Å². The van der Waals surface area contributed by atoms with E-state index in [4.69, 9.17) is 4.98 Å². The second-order valence-corrected chi connectivity index (χ2v) is 10.7. The van der Waals surface area contributed by atoms with Crippen molar-refractivity contribution in [2.24, 2.45) is 0 Å². The van der Waals surface area contributed by atoms with E-state index in [0.29, 0.717) is 18.0 Å². The summed E-state index contributed by atoms with van der Waals surface area (Å²) in [6, 6.07) is 13.9. The Morgan fingerprint density at radius 2 is 1.82 bits per heavy atom. The number of aromatic nitrogens is 1. The summed E-state index contributed by atoms with van der Waals surface area (Å²) < 4.78 is 29.0. The zero-order valence-electron chi connectivity index (χ0n) is 15.7. The second kappa shape index (κ2) is 7.22. The highest BCUT2D eigenvalue weighted by Crippen LogP contribution is 2.26. The summed E-state index contributed by atoms with van der Waals surface area (Å²) >= 11 is 1.74. The van der Waals surface area contributed by atoms with E-state index < -0.39 is 10.0 Å². The molecular weight excluding hydrogens is 390 g/mol. The normalized spacial score (nSPS) is 18.6. The van der Waals surface area contributed by atoms with Gasteiger partial charge in [0.05, 0.1) is 41.3 Å². The van der Waals surface area contributed by atoms with Crippen LogP contribution in [0.5, 0.6) is 0 Å². The third-order valence-electron chi connectivity index (χ3n) is 5.88. The molecule has 2 aromatic carbocycles. The quantitative estimate of drug-likeness (QED) is 0.709. The maximum atomic E-state index is 13.1. The number of sulfonamides is 1. The van der Waals surface area contributed by atoms with Gasteiger partial charge in [0.15, 0.2) is 0 Å². The van der Waals surface area contributed by atoms with E-state index >= 15 is 0 Å². The molecule has 0 spiro atoms. The van der Waals surface area contributed by atoms with Crippen molar-refractivity contribution >= 4 is 31.6 Å². The molecule has 1 aromatic heterocycles. The molecule has 1 aliphatic carbocycles. The van der Waals surface area contributed by atoms with E-state index in [1.54, 1.807) is 21.7 Å². The number of benzene rings is 2. The number of hydrogen-bond donors (Lipinski definition) is 1. The highest BCUT2D eigenvalue weighted by Gasteiger charge is 2.31. The Balaban J connectivity index is 1.26. The van der Waals surface area contributed by atoms with Crippen LogP contribution in [0.1, 0.15) is 22.6 Å². The van der Waals surface area contributed by atoms with Crippen molar-refractivity contribution in [2.75, 3.05) is 26.2 Å². The van der Waals surface area contributed by atoms with Gasteiger partial charge in [-0.15, -0.1) is 11.3 Å². The number of nitrogens with zero attached hydrogens (tertiary/aromatic N) is 2. The van der Waals surface area contributed by atoms with E-state index in [1.165, 1.54) is 20.7 Å². The largest absolute Gasteiger partial charge is 0.327 e. The van der Waals surface area contributed by atoms with Gasteiger partial charge in [0.25, 0.3) is 0 Å². The Hall–Kier alpha value is -1.80. The van der Waals surface area contributed by atoms with Crippen LogP contribution >= 0.6 is 11.3 Å². The van der Waals surface area contributed by atoms with Crippen LogP contribution in [0.2, 0.25) is 0 Å². The van der Waals surface area contributed by atoms with Crippen molar-refractivity contribution in [3.05, 3.63) is 58.6 Å². The number of thiazole rings is 1. The summed E-state index contributed by atoms with van der Waals surface area (Å²) in [4.78, 5) is 6.58. The molecule has 1 N–H and O–H groups in total. The monoisotopic (exact) mass is 414 g/mol. The van der Waals surface area contributed by atoms with Crippen LogP contribution in [0, 0.1) is 0 Å². The topological polar surface area (TPSA) is 54.7 Å². The molecule has 2 heterocycles. The van der Waals surface area contributed by atoms with Crippen molar-refractivity contribution in [1.29, 1.82) is 0 Å². The summed E-state index contributed by atoms with van der Waals surface area (Å²) in [6.07, 6.45) is 3.20. The van der Waals surface area contributed by atoms with Crippen LogP contribution in [0.25, 0.3) is 10.2 Å². The predicted octanol–water partition coefficient (Wildman–Crippen LogP) is 1.87. The number of aryl methyl sites for hydroxylation is 2. The molecule has 0 saturated carbocycles. The average molecular weight is 415 g/mol. The van der Waals surface area contributed by atoms with E-state index in [9.17, 15) is 8.42 Å². The van der Waals surface area contributed by atoms with Crippen LogP contribution < -0.4 is 4.90 Å². The fraction of sp³-hybridized carbons (Fsp3) is 0.381. The Kier molecular flexibility index (Phi) is 4.71. The van der Waals surface area contributed by atoms with E-state index in [-0.39, 0.29) is 0 Å². The molecule has 1 saturated heterocycles. The molecule has 1 aliphatic heterocycles. The molecular formula is C21H24N3O2S2+. The summed E-state index contributed by atoms with van der Waals surface area (Å²) in [5.74, 6) is 0. The lowest BCUT2D eigenvalue weighted by Gasteiger charge is -2.31. The summed E-state index contributed by atoms with van der Waals surface area (Å²) in [6.45, 7) is 3.64. The number of piperazine rings is 1. The first-order valence-corrected chi connectivity index (χ1v) is 12.2. The first-order valence-electron chi connectivity index (χ1n) is 9.89. The molecule has 5 nitrogen and oxygen atoms in total. The van der Waals surface area contributed by atoms with E-state index in [2.05, 4.69) is 6.07 Å². The zero-order chi connectivity index (χ0) is 19.1. The van der Waals surface area contributed by atoms with Crippen molar-refractivity contribution in [3.63, 3.8) is 0 Å². The van der Waals surface area contributed by atoms with Crippen LogP contribution in [-0.4, -0.2) is 43.9 Å². The van der Waals surface area contributed by atoms with Crippen molar-refractivity contribution < 1.29 is 13.3 Å². The number of fused-ring (bicyclic) bond motifs is 2. The minimum absolute atomic E-state index is 0.461. The maximum absolute atomic E-state index is 13.1. The van der Waals surface area contributed by atoms with Gasteiger partial charge in [-0.2, -0.15) is 4.31 Å². The smallest absolute Gasteiger partial charge is 0.243 e. The van der Waals surface area contributed by atoms with Gasteiger partial charge in [0.2, 0.25) is 10.0 Å². The molecule has 3 aromatic rings. The molecule has 0 amide bonds. The molecule has 1 fully saturated rings. The number of quaternary nitrogens is 1. The third kappa shape index (κ3) is 3.37. The van der Waals surface area contributed by atoms with Crippen LogP contribution in [-0.2, 0) is 29.4 Å². The fourth-order valence-electron chi connectivity index (χ4n) is 4.29. The molecule has 0 bridgehead atoms. The molecule has 5 rings (SSSR count). The van der Waals surface area contributed by atoms with Crippen molar-refractivity contribution in [1.82, 2.24) is 9.29 Å². The van der Waals surface area contributed by atoms with Gasteiger partial charge in [-0.3, -0.25) is 0 Å². The molecule has 0 radical (unpaired) electrons. The Morgan fingerprint density at radius 1 is 1.04 bits per heavy atom. The minimum Gasteiger partial charge on any atom is -0.327 e. The van der Waals surface area contributed by atoms with Gasteiger partial charge in [-0.05, 0) is 54.7 Å². The van der Waals surface area contributed by atoms with Crippen LogP contribution in [0.4, 0.5) is 0 Å². The van der Waals surface area contributed by atoms with E-state index in [0.717, 1.165) is 49.4 Å². The lowest BCUT2D eigenvalue weighted by atomic mass is 10.1. The Labute approximate surface area is 169 Å². The molecule has 2 aliphatic rings. The number of hydrogen-bond acceptors (Lipinski definition) is 4. The summed E-state index contributed by atoms with van der Waals surface area (Å²) in [5.41, 5.74) is 3.57. The SMILES string of the molecule is O=S(=O)(c1ccc2c(c1)CCC2)N1CC[NH+](Cc2nc3ccccc3s2)CC1. The Bertz CT molecular complexity index is 1080. The lowest BCUT2D eigenvalue weighted by molar-refractivity contribution is -0.917. The molecule has 0 atom stereocenters. The van der Waals surface area contributed by atoms with Gasteiger partial charge >= 0.3 is 0 Å². The van der Waals surface area contributed by atoms with Gasteiger partial charge in [0.1, 0.15) is 11.6 Å². The number of nitrogens with one attached hydrogen (secondary N) is 1. The average Bonchev–Trinajstić information content (AvgIpc) is 3.33. The summed E-state index contributed by atoms with van der Waals surface area (Å²) in [7, 11) is -3.39. The third-order valence-corrected chi connectivity index (χ3v) is 8.81. The first kappa shape index (κ1) is 18.2. The second-order valence-electron chi connectivity index (χ2n) is 7.69. The predicted molar refractivity (Wildman–Crippen MR) is 111 cm³/mol. The van der Waals surface area contributed by atoms with Gasteiger partial charge in [-0.1, -0.05) is 18.2 Å². The summed E-state index contributed by atoms with van der Waals surface area (Å²) in [5, 5.41) is 1.13. The molecule has 7 heteroatoms. The Morgan fingerprint density at radius 3 is 2.64 bits per heavy atom. The van der Waals surface area contributed by atoms with Crippen LogP contribution in [0.3, 0.4) is 0 Å². The maximum Gasteiger partial charge on any atom is 0.243 e. The standard InChI is InChI=1S/C21H23N3O2S2/c25-28(26,18-9-8-16-4-3-5-17(16)14-18)24-12-10-23(11-13-24)15-21-22-19-6-1-2-7-20(19)27-21/h1-2,6-9,14H,3-5,10-13,15H2/p+1. The highest BCUT2D eigenvalue weighted by atomic mass is 32.2. The highest BCUT2D eigenvalue weighted by molar-refractivity contribution is 7.89. The zero-order valence-corrected chi connectivity index (χ0v) is 17.4. The minimum atomic E-state index is -3.39. The van der Waals surface area contributed by atoms with Crippen molar-refractivity contribution in [3.8, 4) is 0 Å². The van der Waals surface area contributed by atoms with Crippen LogP contribution in [0.15, 0.2) is 47.4 Å². The number of para-hydroxylation sites is 1. The van der Waals surface area contributed by atoms with Gasteiger partial charge < -0.3 is 4.90 Å². The lowest BCUT2D eigenvalue weighted by Crippen LogP contribution is -3.13. The molecule has 28 heavy (non-hydrogen) atoms. The molecule has 146 valence electrons. The number of rotatable bonds is 4.